The maximum Gasteiger partial charge on any atom is 0.152 e. The van der Waals surface area contributed by atoms with Gasteiger partial charge >= 0.3 is 0 Å². The molecule has 0 aliphatic rings. The predicted octanol–water partition coefficient (Wildman–Crippen LogP) is 3.47. The third-order valence-electron chi connectivity index (χ3n) is 3.42. The van der Waals surface area contributed by atoms with Crippen LogP contribution in [0.4, 0.5) is 0 Å². The quantitative estimate of drug-likeness (QED) is 0.736. The van der Waals surface area contributed by atoms with Gasteiger partial charge in [-0.05, 0) is 41.3 Å². The van der Waals surface area contributed by atoms with E-state index in [2.05, 4.69) is 4.98 Å². The molecule has 0 saturated heterocycles. The summed E-state index contributed by atoms with van der Waals surface area (Å²) in [6.45, 7) is 1.93. The third-order valence-corrected chi connectivity index (χ3v) is 6.27. The fraction of sp³-hybridized carbons (Fsp3) is 0.133. The Kier molecular flexibility index (Phi) is 3.15. The summed E-state index contributed by atoms with van der Waals surface area (Å²) in [6.07, 6.45) is 3.41. The highest BCUT2D eigenvalue weighted by Gasteiger charge is 2.20. The van der Waals surface area contributed by atoms with Gasteiger partial charge in [-0.15, -0.1) is 0 Å². The van der Waals surface area contributed by atoms with Gasteiger partial charge in [0.15, 0.2) is 5.65 Å². The smallest absolute Gasteiger partial charge is 0.152 e. The summed E-state index contributed by atoms with van der Waals surface area (Å²) < 4.78 is 15.1. The minimum atomic E-state index is -2.76. The molecule has 104 valence electrons. The molecule has 0 atom stereocenters. The number of aryl methyl sites for hydroxylation is 1. The lowest BCUT2D eigenvalue weighted by atomic mass is 10.3. The van der Waals surface area contributed by atoms with E-state index in [-0.39, 0.29) is 0 Å². The molecule has 0 aliphatic heterocycles. The summed E-state index contributed by atoms with van der Waals surface area (Å²) in [7, 11) is -2.76. The summed E-state index contributed by atoms with van der Waals surface area (Å²) in [5.41, 5.74) is 1.57. The average Bonchev–Trinajstić information content (AvgIpc) is 2.78. The molecule has 0 bridgehead atoms. The maximum atomic E-state index is 13.3. The molecule has 1 aromatic carbocycles. The number of aromatic nitrogens is 2. The first-order valence-electron chi connectivity index (χ1n) is 6.28. The Balaban J connectivity index is 2.33. The molecule has 0 fully saturated rings. The molecule has 0 saturated carbocycles. The zero-order chi connectivity index (χ0) is 14.3. The first kappa shape index (κ1) is 13.3. The van der Waals surface area contributed by atoms with E-state index in [9.17, 15) is 4.21 Å². The molecule has 0 unspecified atom stereocenters. The molecule has 0 amide bonds. The highest BCUT2D eigenvalue weighted by Crippen LogP contribution is 2.30. The van der Waals surface area contributed by atoms with Crippen molar-refractivity contribution in [2.24, 2.45) is 0 Å². The number of pyridine rings is 1. The van der Waals surface area contributed by atoms with Crippen molar-refractivity contribution in [1.82, 2.24) is 8.96 Å². The van der Waals surface area contributed by atoms with Crippen molar-refractivity contribution in [3.63, 3.8) is 0 Å². The van der Waals surface area contributed by atoms with Crippen molar-refractivity contribution in [2.45, 2.75) is 11.8 Å². The molecular weight excluding hydrogens is 292 g/mol. The second kappa shape index (κ2) is 4.72. The van der Waals surface area contributed by atoms with E-state index in [0.717, 1.165) is 16.0 Å². The molecule has 3 rings (SSSR count). The Morgan fingerprint density at radius 1 is 1.20 bits per heavy atom. The van der Waals surface area contributed by atoms with Crippen LogP contribution in [-0.2, 0) is 10.1 Å². The molecule has 0 aliphatic carbocycles. The lowest BCUT2D eigenvalue weighted by Crippen LogP contribution is -2.21. The number of rotatable bonds is 2. The van der Waals surface area contributed by atoms with Gasteiger partial charge in [0.25, 0.3) is 0 Å². The van der Waals surface area contributed by atoms with Crippen LogP contribution >= 0.6 is 11.6 Å². The number of nitrogens with zero attached hydrogens (tertiary/aromatic N) is 2. The van der Waals surface area contributed by atoms with Gasteiger partial charge in [-0.1, -0.05) is 29.8 Å². The number of fused-ring (bicyclic) bond motifs is 1. The Morgan fingerprint density at radius 2 is 1.90 bits per heavy atom. The van der Waals surface area contributed by atoms with E-state index < -0.39 is 10.1 Å². The normalized spacial score (nSPS) is 12.8. The Morgan fingerprint density at radius 3 is 2.60 bits per heavy atom. The highest BCUT2D eigenvalue weighted by atomic mass is 35.5. The van der Waals surface area contributed by atoms with Crippen LogP contribution in [-0.4, -0.2) is 19.4 Å². The molecule has 3 nitrogen and oxygen atoms in total. The number of hydrogen-bond acceptors (Lipinski definition) is 2. The second-order valence-electron chi connectivity index (χ2n) is 4.84. The summed E-state index contributed by atoms with van der Waals surface area (Å²) in [5, 5.41) is 1.47. The van der Waals surface area contributed by atoms with Crippen LogP contribution in [0, 0.1) is 6.92 Å². The summed E-state index contributed by atoms with van der Waals surface area (Å²) >= 11 is 6.20. The molecule has 0 spiro atoms. The van der Waals surface area contributed by atoms with E-state index in [1.165, 1.54) is 0 Å². The van der Waals surface area contributed by atoms with Crippen molar-refractivity contribution in [1.29, 1.82) is 0 Å². The van der Waals surface area contributed by atoms with Gasteiger partial charge in [-0.3, -0.25) is 8.18 Å². The molecule has 2 heterocycles. The van der Waals surface area contributed by atoms with Crippen LogP contribution in [0.25, 0.3) is 11.0 Å². The minimum absolute atomic E-state index is 0.630. The number of hydrogen-bond donors (Lipinski definition) is 1. The van der Waals surface area contributed by atoms with Crippen LogP contribution in [0.1, 0.15) is 5.69 Å². The topological polar surface area (TPSA) is 34.9 Å². The minimum Gasteiger partial charge on any atom is -0.266 e. The van der Waals surface area contributed by atoms with E-state index >= 15 is 0 Å². The van der Waals surface area contributed by atoms with Crippen LogP contribution < -0.4 is 0 Å². The van der Waals surface area contributed by atoms with Gasteiger partial charge in [0, 0.05) is 28.4 Å². The Hall–Kier alpha value is -1.65. The van der Waals surface area contributed by atoms with Crippen molar-refractivity contribution in [2.75, 3.05) is 6.26 Å². The van der Waals surface area contributed by atoms with Crippen LogP contribution in [0.5, 0.6) is 0 Å². The van der Waals surface area contributed by atoms with Gasteiger partial charge in [-0.25, -0.2) is 4.98 Å². The maximum absolute atomic E-state index is 13.3. The Bertz CT molecular complexity index is 827. The van der Waals surface area contributed by atoms with Gasteiger partial charge in [0.2, 0.25) is 0 Å². The van der Waals surface area contributed by atoms with Crippen molar-refractivity contribution in [3.05, 3.63) is 59.4 Å². The van der Waals surface area contributed by atoms with E-state index in [1.54, 1.807) is 18.5 Å². The van der Waals surface area contributed by atoms with Crippen LogP contribution in [0.15, 0.2) is 53.6 Å². The summed E-state index contributed by atoms with van der Waals surface area (Å²) in [6, 6.07) is 13.2. The highest BCUT2D eigenvalue weighted by molar-refractivity contribution is 8.01. The number of benzene rings is 1. The fourth-order valence-corrected chi connectivity index (χ4v) is 4.81. The lowest BCUT2D eigenvalue weighted by Gasteiger charge is -2.23. The standard InChI is InChI=1S/C15H15ClN2OS/c1-11-10-13-14(16)8-9-17-15(13)18(11)20(2,19)12-6-4-3-5-7-12/h3-10,20H,1-2H3. The van der Waals surface area contributed by atoms with Gasteiger partial charge in [-0.2, -0.15) is 0 Å². The van der Waals surface area contributed by atoms with Crippen molar-refractivity contribution >= 4 is 32.8 Å². The van der Waals surface area contributed by atoms with Gasteiger partial charge in [0.05, 0.1) is 5.02 Å². The number of thiol groups is 1. The van der Waals surface area contributed by atoms with Crippen molar-refractivity contribution in [3.8, 4) is 0 Å². The predicted molar refractivity (Wildman–Crippen MR) is 85.0 cm³/mol. The molecule has 20 heavy (non-hydrogen) atoms. The molecule has 2 aromatic heterocycles. The van der Waals surface area contributed by atoms with Gasteiger partial charge in [0.1, 0.15) is 0 Å². The SMILES string of the molecule is Cc1cc2c(Cl)ccnc2n1[SH](C)(=O)c1ccccc1. The first-order valence-corrected chi connectivity index (χ1v) is 8.77. The largest absolute Gasteiger partial charge is 0.266 e. The van der Waals surface area contributed by atoms with Crippen molar-refractivity contribution < 1.29 is 4.21 Å². The summed E-state index contributed by atoms with van der Waals surface area (Å²) in [4.78, 5) is 5.17. The van der Waals surface area contributed by atoms with Gasteiger partial charge < -0.3 is 0 Å². The first-order chi connectivity index (χ1) is 9.51. The molecule has 0 N–H and O–H groups in total. The zero-order valence-electron chi connectivity index (χ0n) is 11.2. The van der Waals surface area contributed by atoms with Crippen LogP contribution in [0.2, 0.25) is 5.02 Å². The summed E-state index contributed by atoms with van der Waals surface area (Å²) in [5.74, 6) is 0. The average molecular weight is 307 g/mol. The zero-order valence-corrected chi connectivity index (χ0v) is 12.9. The Labute approximate surface area is 123 Å². The second-order valence-corrected chi connectivity index (χ2v) is 7.92. The molecular formula is C15H15ClN2OS. The molecule has 5 heteroatoms. The molecule has 3 aromatic rings. The van der Waals surface area contributed by atoms with E-state index in [4.69, 9.17) is 11.6 Å². The van der Waals surface area contributed by atoms with E-state index in [1.807, 2.05) is 47.3 Å². The fourth-order valence-electron chi connectivity index (χ4n) is 2.48. The third kappa shape index (κ3) is 1.96. The van der Waals surface area contributed by atoms with E-state index in [0.29, 0.717) is 10.7 Å². The van der Waals surface area contributed by atoms with Crippen LogP contribution in [0.3, 0.4) is 0 Å². The lowest BCUT2D eigenvalue weighted by molar-refractivity contribution is 0.667. The number of halogens is 1. The monoisotopic (exact) mass is 306 g/mol. The molecule has 0 radical (unpaired) electrons.